The van der Waals surface area contributed by atoms with Crippen molar-refractivity contribution in [3.05, 3.63) is 108 Å². The molecule has 4 aromatic carbocycles. The number of amides is 1. The first-order valence-electron chi connectivity index (χ1n) is 10.2. The Morgan fingerprint density at radius 1 is 0.879 bits per heavy atom. The Morgan fingerprint density at radius 3 is 2.30 bits per heavy atom. The van der Waals surface area contributed by atoms with Gasteiger partial charge in [-0.1, -0.05) is 42.5 Å². The molecule has 0 aliphatic heterocycles. The molecule has 1 amide bonds. The summed E-state index contributed by atoms with van der Waals surface area (Å²) in [4.78, 5) is 12.3. The van der Waals surface area contributed by atoms with E-state index in [1.807, 2.05) is 48.5 Å². The first-order valence-corrected chi connectivity index (χ1v) is 10.2. The zero-order valence-corrected chi connectivity index (χ0v) is 17.4. The Bertz CT molecular complexity index is 1260. The normalized spacial score (nSPS) is 11.1. The molecule has 0 aliphatic carbocycles. The SMILES string of the molecule is O=C(NN=Cc1ccc(OC(F)F)cc1)c1ccc(COc2ccc3ccccc3c2)cc1. The highest BCUT2D eigenvalue weighted by Gasteiger charge is 2.06. The number of ether oxygens (including phenoxy) is 2. The van der Waals surface area contributed by atoms with Crippen molar-refractivity contribution in [2.24, 2.45) is 5.10 Å². The number of hydrazone groups is 1. The first kappa shape index (κ1) is 22.0. The summed E-state index contributed by atoms with van der Waals surface area (Å²) in [5, 5.41) is 6.16. The number of benzene rings is 4. The van der Waals surface area contributed by atoms with E-state index in [9.17, 15) is 13.6 Å². The van der Waals surface area contributed by atoms with Crippen LogP contribution >= 0.6 is 0 Å². The van der Waals surface area contributed by atoms with Crippen molar-refractivity contribution < 1.29 is 23.0 Å². The van der Waals surface area contributed by atoms with Gasteiger partial charge in [-0.2, -0.15) is 13.9 Å². The second-order valence-electron chi connectivity index (χ2n) is 7.14. The van der Waals surface area contributed by atoms with E-state index in [1.165, 1.54) is 18.3 Å². The van der Waals surface area contributed by atoms with Crippen LogP contribution < -0.4 is 14.9 Å². The lowest BCUT2D eigenvalue weighted by atomic mass is 10.1. The lowest BCUT2D eigenvalue weighted by Gasteiger charge is -2.08. The monoisotopic (exact) mass is 446 g/mol. The van der Waals surface area contributed by atoms with E-state index in [0.717, 1.165) is 22.1 Å². The minimum atomic E-state index is -2.87. The number of hydrogen-bond donors (Lipinski definition) is 1. The van der Waals surface area contributed by atoms with E-state index in [0.29, 0.717) is 17.7 Å². The zero-order valence-electron chi connectivity index (χ0n) is 17.4. The molecule has 0 saturated heterocycles. The van der Waals surface area contributed by atoms with E-state index in [1.54, 1.807) is 24.3 Å². The topological polar surface area (TPSA) is 59.9 Å². The van der Waals surface area contributed by atoms with Crippen LogP contribution in [0.1, 0.15) is 21.5 Å². The molecule has 0 fully saturated rings. The molecule has 0 bridgehead atoms. The maximum Gasteiger partial charge on any atom is 0.387 e. The van der Waals surface area contributed by atoms with Crippen LogP contribution in [0, 0.1) is 0 Å². The Hall–Kier alpha value is -4.26. The number of nitrogens with one attached hydrogen (secondary N) is 1. The molecule has 4 rings (SSSR count). The summed E-state index contributed by atoms with van der Waals surface area (Å²) in [6.45, 7) is -2.50. The molecule has 1 N–H and O–H groups in total. The van der Waals surface area contributed by atoms with Gasteiger partial charge < -0.3 is 9.47 Å². The van der Waals surface area contributed by atoms with Gasteiger partial charge in [0.05, 0.1) is 6.21 Å². The molecule has 0 radical (unpaired) electrons. The molecular formula is C26H20F2N2O3. The third-order valence-electron chi connectivity index (χ3n) is 4.83. The number of fused-ring (bicyclic) bond motifs is 1. The van der Waals surface area contributed by atoms with Crippen molar-refractivity contribution in [2.75, 3.05) is 0 Å². The summed E-state index contributed by atoms with van der Waals surface area (Å²) >= 11 is 0. The molecule has 0 saturated carbocycles. The van der Waals surface area contributed by atoms with Crippen LogP contribution in [0.3, 0.4) is 0 Å². The summed E-state index contributed by atoms with van der Waals surface area (Å²) in [7, 11) is 0. The van der Waals surface area contributed by atoms with E-state index >= 15 is 0 Å². The quantitative estimate of drug-likeness (QED) is 0.276. The van der Waals surface area contributed by atoms with Gasteiger partial charge in [-0.15, -0.1) is 0 Å². The summed E-state index contributed by atoms with van der Waals surface area (Å²) in [6, 6.07) is 26.9. The average Bonchev–Trinajstić information content (AvgIpc) is 2.83. The van der Waals surface area contributed by atoms with Gasteiger partial charge in [0, 0.05) is 5.56 Å². The van der Waals surface area contributed by atoms with Crippen LogP contribution in [0.4, 0.5) is 8.78 Å². The largest absolute Gasteiger partial charge is 0.489 e. The van der Waals surface area contributed by atoms with Crippen LogP contribution in [0.2, 0.25) is 0 Å². The van der Waals surface area contributed by atoms with Crippen LogP contribution in [0.5, 0.6) is 11.5 Å². The molecule has 0 aromatic heterocycles. The molecule has 33 heavy (non-hydrogen) atoms. The maximum absolute atomic E-state index is 12.3. The molecular weight excluding hydrogens is 426 g/mol. The highest BCUT2D eigenvalue weighted by molar-refractivity contribution is 5.94. The van der Waals surface area contributed by atoms with Crippen LogP contribution in [-0.2, 0) is 6.61 Å². The van der Waals surface area contributed by atoms with Crippen molar-refractivity contribution in [3.63, 3.8) is 0 Å². The van der Waals surface area contributed by atoms with Gasteiger partial charge in [0.2, 0.25) is 0 Å². The number of halogens is 2. The van der Waals surface area contributed by atoms with Crippen molar-refractivity contribution in [1.82, 2.24) is 5.43 Å². The third kappa shape index (κ3) is 6.13. The molecule has 0 spiro atoms. The zero-order chi connectivity index (χ0) is 23.0. The van der Waals surface area contributed by atoms with Gasteiger partial charge in [-0.3, -0.25) is 4.79 Å². The van der Waals surface area contributed by atoms with E-state index in [2.05, 4.69) is 21.3 Å². The third-order valence-corrected chi connectivity index (χ3v) is 4.83. The second kappa shape index (κ2) is 10.4. The molecule has 0 aliphatic rings. The summed E-state index contributed by atoms with van der Waals surface area (Å²) in [5.41, 5.74) is 4.43. The Morgan fingerprint density at radius 2 is 1.58 bits per heavy atom. The lowest BCUT2D eigenvalue weighted by Crippen LogP contribution is -2.17. The molecule has 4 aromatic rings. The number of alkyl halides is 2. The van der Waals surface area contributed by atoms with E-state index in [4.69, 9.17) is 4.74 Å². The Labute approximate surface area is 189 Å². The van der Waals surface area contributed by atoms with Gasteiger partial charge >= 0.3 is 6.61 Å². The fourth-order valence-electron chi connectivity index (χ4n) is 3.14. The number of rotatable bonds is 8. The fourth-order valence-corrected chi connectivity index (χ4v) is 3.14. The van der Waals surface area contributed by atoms with E-state index in [-0.39, 0.29) is 11.7 Å². The van der Waals surface area contributed by atoms with Crippen molar-refractivity contribution in [3.8, 4) is 11.5 Å². The summed E-state index contributed by atoms with van der Waals surface area (Å²) in [6.07, 6.45) is 1.41. The maximum atomic E-state index is 12.3. The fraction of sp³-hybridized carbons (Fsp3) is 0.0769. The molecule has 5 nitrogen and oxygen atoms in total. The van der Waals surface area contributed by atoms with Crippen LogP contribution in [-0.4, -0.2) is 18.7 Å². The Kier molecular flexibility index (Phi) is 6.90. The van der Waals surface area contributed by atoms with Crippen LogP contribution in [0.25, 0.3) is 10.8 Å². The smallest absolute Gasteiger partial charge is 0.387 e. The molecule has 0 atom stereocenters. The van der Waals surface area contributed by atoms with E-state index < -0.39 is 6.61 Å². The van der Waals surface area contributed by atoms with Gasteiger partial charge in [0.15, 0.2) is 0 Å². The van der Waals surface area contributed by atoms with Crippen molar-refractivity contribution >= 4 is 22.9 Å². The van der Waals surface area contributed by atoms with Crippen molar-refractivity contribution in [2.45, 2.75) is 13.2 Å². The van der Waals surface area contributed by atoms with Gasteiger partial charge in [-0.05, 0) is 70.4 Å². The molecule has 7 heteroatoms. The first-order chi connectivity index (χ1) is 16.1. The molecule has 0 unspecified atom stereocenters. The highest BCUT2D eigenvalue weighted by Crippen LogP contribution is 2.21. The van der Waals surface area contributed by atoms with Gasteiger partial charge in [0.25, 0.3) is 5.91 Å². The van der Waals surface area contributed by atoms with Crippen LogP contribution in [0.15, 0.2) is 96.1 Å². The predicted octanol–water partition coefficient (Wildman–Crippen LogP) is 5.78. The van der Waals surface area contributed by atoms with Gasteiger partial charge in [-0.25, -0.2) is 5.43 Å². The summed E-state index contributed by atoms with van der Waals surface area (Å²) < 4.78 is 34.5. The predicted molar refractivity (Wildman–Crippen MR) is 123 cm³/mol. The number of carbonyl (C=O) groups is 1. The standard InChI is InChI=1S/C26H20F2N2O3/c27-26(28)33-23-12-7-18(8-13-23)16-29-30-25(31)21-9-5-19(6-10-21)17-32-24-14-11-20-3-1-2-4-22(20)15-24/h1-16,26H,17H2,(H,30,31). The number of carbonyl (C=O) groups excluding carboxylic acids is 1. The highest BCUT2D eigenvalue weighted by atomic mass is 19.3. The minimum Gasteiger partial charge on any atom is -0.489 e. The minimum absolute atomic E-state index is 0.0517. The van der Waals surface area contributed by atoms with Crippen molar-refractivity contribution in [1.29, 1.82) is 0 Å². The van der Waals surface area contributed by atoms with Gasteiger partial charge in [0.1, 0.15) is 18.1 Å². The molecule has 166 valence electrons. The number of nitrogens with zero attached hydrogens (tertiary/aromatic N) is 1. The summed E-state index contributed by atoms with van der Waals surface area (Å²) in [5.74, 6) is 0.459. The number of hydrogen-bond acceptors (Lipinski definition) is 4. The Balaban J connectivity index is 1.29. The average molecular weight is 446 g/mol. The second-order valence-corrected chi connectivity index (χ2v) is 7.14. The lowest BCUT2D eigenvalue weighted by molar-refractivity contribution is -0.0498. The molecule has 0 heterocycles.